The van der Waals surface area contributed by atoms with Gasteiger partial charge in [-0.1, -0.05) is 25.1 Å². The number of allylic oxidation sites excluding steroid dienone is 1. The van der Waals surface area contributed by atoms with E-state index in [0.29, 0.717) is 24.7 Å². The molecule has 2 atom stereocenters. The molecule has 1 aromatic heterocycles. The lowest BCUT2D eigenvalue weighted by atomic mass is 9.58. The van der Waals surface area contributed by atoms with E-state index >= 15 is 0 Å². The van der Waals surface area contributed by atoms with Crippen molar-refractivity contribution in [2.75, 3.05) is 18.5 Å². The molecule has 0 radical (unpaired) electrons. The van der Waals surface area contributed by atoms with Gasteiger partial charge in [-0.3, -0.25) is 9.78 Å². The number of fused-ring (bicyclic) bond motifs is 3. The monoisotopic (exact) mass is 418 g/mol. The molecule has 0 bridgehead atoms. The lowest BCUT2D eigenvalue weighted by Gasteiger charge is -2.49. The van der Waals surface area contributed by atoms with Crippen LogP contribution in [0.5, 0.6) is 0 Å². The van der Waals surface area contributed by atoms with Gasteiger partial charge in [-0.05, 0) is 72.9 Å². The second-order valence-corrected chi connectivity index (χ2v) is 9.05. The van der Waals surface area contributed by atoms with Gasteiger partial charge in [0.25, 0.3) is 5.91 Å². The summed E-state index contributed by atoms with van der Waals surface area (Å²) in [5.74, 6) is -0.0168. The Hall–Kier alpha value is -2.50. The van der Waals surface area contributed by atoms with E-state index in [1.165, 1.54) is 5.56 Å². The molecule has 3 aliphatic rings. The normalized spacial score (nSPS) is 26.2. The van der Waals surface area contributed by atoms with Crippen LogP contribution in [0.2, 0.25) is 0 Å². The summed E-state index contributed by atoms with van der Waals surface area (Å²) in [7, 11) is 0. The summed E-state index contributed by atoms with van der Waals surface area (Å²) < 4.78 is 12.1. The summed E-state index contributed by atoms with van der Waals surface area (Å²) in [5.41, 5.74) is 4.84. The number of hydrogen-bond acceptors (Lipinski definition) is 4. The highest BCUT2D eigenvalue weighted by Gasteiger charge is 2.52. The highest BCUT2D eigenvalue weighted by Crippen LogP contribution is 2.54. The third-order valence-electron chi connectivity index (χ3n) is 7.56. The van der Waals surface area contributed by atoms with Gasteiger partial charge < -0.3 is 14.8 Å². The van der Waals surface area contributed by atoms with Crippen LogP contribution < -0.4 is 5.32 Å². The summed E-state index contributed by atoms with van der Waals surface area (Å²) in [5, 5.41) is 3.00. The maximum atomic E-state index is 12.9. The molecule has 1 saturated heterocycles. The summed E-state index contributed by atoms with van der Waals surface area (Å²) in [6.07, 6.45) is 11.2. The van der Waals surface area contributed by atoms with Crippen LogP contribution in [-0.4, -0.2) is 29.9 Å². The zero-order chi connectivity index (χ0) is 21.5. The molecule has 1 saturated carbocycles. The molecule has 1 aliphatic heterocycles. The number of carbonyl (C=O) groups is 1. The molecule has 2 fully saturated rings. The molecule has 2 aromatic rings. The van der Waals surface area contributed by atoms with Gasteiger partial charge in [-0.15, -0.1) is 0 Å². The fourth-order valence-electron chi connectivity index (χ4n) is 5.83. The van der Waals surface area contributed by atoms with Gasteiger partial charge in [-0.2, -0.15) is 0 Å². The number of amides is 1. The van der Waals surface area contributed by atoms with E-state index in [1.807, 2.05) is 31.2 Å². The van der Waals surface area contributed by atoms with Crippen molar-refractivity contribution in [2.45, 2.75) is 57.2 Å². The molecular weight excluding hydrogens is 388 g/mol. The summed E-state index contributed by atoms with van der Waals surface area (Å²) in [6, 6.07) is 9.91. The molecule has 1 N–H and O–H groups in total. The van der Waals surface area contributed by atoms with Crippen molar-refractivity contribution < 1.29 is 14.3 Å². The predicted octanol–water partition coefficient (Wildman–Crippen LogP) is 5.25. The van der Waals surface area contributed by atoms with E-state index in [1.54, 1.807) is 6.20 Å². The Balaban J connectivity index is 1.46. The number of nitrogens with one attached hydrogen (secondary N) is 1. The first-order valence-corrected chi connectivity index (χ1v) is 11.4. The molecule has 162 valence electrons. The summed E-state index contributed by atoms with van der Waals surface area (Å²) >= 11 is 0. The number of benzene rings is 1. The van der Waals surface area contributed by atoms with Crippen molar-refractivity contribution in [1.82, 2.24) is 4.98 Å². The molecule has 5 heteroatoms. The van der Waals surface area contributed by atoms with Gasteiger partial charge in [0.05, 0.1) is 24.6 Å². The Labute approximate surface area is 183 Å². The van der Waals surface area contributed by atoms with E-state index in [4.69, 9.17) is 9.47 Å². The van der Waals surface area contributed by atoms with Crippen LogP contribution >= 0.6 is 0 Å². The zero-order valence-electron chi connectivity index (χ0n) is 18.3. The highest BCUT2D eigenvalue weighted by molar-refractivity contribution is 6.05. The Morgan fingerprint density at radius 3 is 2.84 bits per heavy atom. The number of rotatable bonds is 3. The molecule has 1 amide bonds. The molecule has 2 unspecified atom stereocenters. The molecule has 5 rings (SSSR count). The summed E-state index contributed by atoms with van der Waals surface area (Å²) in [6.45, 7) is 5.59. The average Bonchev–Trinajstić information content (AvgIpc) is 3.17. The van der Waals surface area contributed by atoms with Gasteiger partial charge in [-0.25, -0.2) is 0 Å². The zero-order valence-corrected chi connectivity index (χ0v) is 18.3. The molecule has 1 spiro atoms. The third kappa shape index (κ3) is 3.50. The van der Waals surface area contributed by atoms with Crippen molar-refractivity contribution in [3.8, 4) is 0 Å². The van der Waals surface area contributed by atoms with Crippen molar-refractivity contribution in [3.05, 3.63) is 65.0 Å². The van der Waals surface area contributed by atoms with Crippen molar-refractivity contribution in [2.24, 2.45) is 5.92 Å². The fraction of sp³-hybridized carbons (Fsp3) is 0.462. The first kappa shape index (κ1) is 20.4. The highest BCUT2D eigenvalue weighted by atomic mass is 16.7. The predicted molar refractivity (Wildman–Crippen MR) is 121 cm³/mol. The maximum Gasteiger partial charge on any atom is 0.255 e. The Morgan fingerprint density at radius 1 is 1.23 bits per heavy atom. The lowest BCUT2D eigenvalue weighted by molar-refractivity contribution is -0.198. The minimum atomic E-state index is -0.386. The summed E-state index contributed by atoms with van der Waals surface area (Å²) in [4.78, 5) is 17.2. The first-order valence-electron chi connectivity index (χ1n) is 11.4. The number of anilines is 1. The number of pyridine rings is 1. The second-order valence-electron chi connectivity index (χ2n) is 9.05. The Kier molecular flexibility index (Phi) is 5.19. The van der Waals surface area contributed by atoms with Crippen LogP contribution in [0, 0.1) is 12.8 Å². The van der Waals surface area contributed by atoms with Crippen LogP contribution in [0.3, 0.4) is 0 Å². The van der Waals surface area contributed by atoms with E-state index in [-0.39, 0.29) is 17.1 Å². The van der Waals surface area contributed by atoms with E-state index in [0.717, 1.165) is 49.0 Å². The van der Waals surface area contributed by atoms with Gasteiger partial charge in [0, 0.05) is 24.6 Å². The lowest BCUT2D eigenvalue weighted by Crippen LogP contribution is -2.48. The van der Waals surface area contributed by atoms with E-state index in [2.05, 4.69) is 35.4 Å². The topological polar surface area (TPSA) is 60.5 Å². The van der Waals surface area contributed by atoms with Crippen LogP contribution in [0.1, 0.15) is 66.2 Å². The number of ether oxygens (including phenoxy) is 2. The first-order chi connectivity index (χ1) is 15.1. The van der Waals surface area contributed by atoms with Crippen LogP contribution in [0.4, 0.5) is 5.69 Å². The van der Waals surface area contributed by atoms with Crippen LogP contribution in [0.15, 0.2) is 42.6 Å². The fourth-order valence-corrected chi connectivity index (χ4v) is 5.83. The minimum absolute atomic E-state index is 0.0916. The minimum Gasteiger partial charge on any atom is -0.348 e. The smallest absolute Gasteiger partial charge is 0.255 e. The number of aromatic nitrogens is 1. The third-order valence-corrected chi connectivity index (χ3v) is 7.56. The van der Waals surface area contributed by atoms with Crippen molar-refractivity contribution in [1.29, 1.82) is 0 Å². The number of aryl methyl sites for hydroxylation is 1. The molecule has 1 aromatic carbocycles. The van der Waals surface area contributed by atoms with E-state index < -0.39 is 0 Å². The van der Waals surface area contributed by atoms with E-state index in [9.17, 15) is 4.79 Å². The SMILES string of the molecule is CCC12CCC3(CC1CC=Cc1cc(C(=O)Nc4cccnc4C)ccc12)OCCO3. The number of hydrogen-bond donors (Lipinski definition) is 1. The van der Waals surface area contributed by atoms with Crippen LogP contribution in [-0.2, 0) is 14.9 Å². The molecule has 31 heavy (non-hydrogen) atoms. The van der Waals surface area contributed by atoms with Gasteiger partial charge >= 0.3 is 0 Å². The van der Waals surface area contributed by atoms with Gasteiger partial charge in [0.15, 0.2) is 5.79 Å². The standard InChI is InChI=1S/C26H30N2O3/c1-3-25-11-12-26(30-14-15-31-26)17-21(25)7-4-6-19-16-20(9-10-22(19)25)24(29)28-23-8-5-13-27-18(23)2/h4-6,8-10,13,16,21H,3,7,11-12,14-15,17H2,1-2H3,(H,28,29). The Bertz CT molecular complexity index is 1030. The molecule has 5 nitrogen and oxygen atoms in total. The number of nitrogens with zero attached hydrogens (tertiary/aromatic N) is 1. The van der Waals surface area contributed by atoms with Crippen molar-refractivity contribution >= 4 is 17.7 Å². The van der Waals surface area contributed by atoms with Crippen molar-refractivity contribution in [3.63, 3.8) is 0 Å². The van der Waals surface area contributed by atoms with Gasteiger partial charge in [0.2, 0.25) is 0 Å². The number of carbonyl (C=O) groups excluding carboxylic acids is 1. The maximum absolute atomic E-state index is 12.9. The second kappa shape index (κ2) is 7.88. The molecule has 2 heterocycles. The largest absolute Gasteiger partial charge is 0.348 e. The van der Waals surface area contributed by atoms with Gasteiger partial charge in [0.1, 0.15) is 0 Å². The average molecular weight is 419 g/mol. The quantitative estimate of drug-likeness (QED) is 0.740. The molecule has 2 aliphatic carbocycles. The van der Waals surface area contributed by atoms with Crippen LogP contribution in [0.25, 0.3) is 6.08 Å². The molecular formula is C26H30N2O3. The Morgan fingerprint density at radius 2 is 2.06 bits per heavy atom.